The molecule has 2 aromatic rings. The molecule has 3 N–H and O–H groups in total. The monoisotopic (exact) mass is 482 g/mol. The molecule has 0 aromatic carbocycles. The van der Waals surface area contributed by atoms with Gasteiger partial charge in [0.05, 0.1) is 30.5 Å². The number of aryl methyl sites for hydroxylation is 1. The maximum absolute atomic E-state index is 12.4. The highest BCUT2D eigenvalue weighted by Gasteiger charge is 2.24. The summed E-state index contributed by atoms with van der Waals surface area (Å²) in [5, 5.41) is 15.1. The van der Waals surface area contributed by atoms with Crippen molar-refractivity contribution in [1.29, 1.82) is 0 Å². The molecule has 0 bridgehead atoms. The normalized spacial score (nSPS) is 12.7. The molecule has 0 aliphatic carbocycles. The van der Waals surface area contributed by atoms with E-state index >= 15 is 0 Å². The molecule has 2 amide bonds. The van der Waals surface area contributed by atoms with E-state index in [0.29, 0.717) is 11.6 Å². The first kappa shape index (κ1) is 26.1. The van der Waals surface area contributed by atoms with Gasteiger partial charge in [0, 0.05) is 6.54 Å². The smallest absolute Gasteiger partial charge is 0.407 e. The van der Waals surface area contributed by atoms with Crippen molar-refractivity contribution in [1.82, 2.24) is 20.3 Å². The molecule has 0 spiro atoms. The van der Waals surface area contributed by atoms with E-state index in [1.807, 2.05) is 4.68 Å². The molecule has 2 aromatic heterocycles. The average molecular weight is 483 g/mol. The lowest BCUT2D eigenvalue weighted by Gasteiger charge is -2.24. The highest BCUT2D eigenvalue weighted by Crippen LogP contribution is 2.24. The number of nitrogens with one attached hydrogen (secondary N) is 2. The SMILES string of the molecule is C[n+]1cc(-c2ncc(C(=O)O)s2)cn1CC(CNC(=O)OC(C)(C)C)NC(=O)OC(C)(C)C. The minimum Gasteiger partial charge on any atom is -0.477 e. The van der Waals surface area contributed by atoms with Gasteiger partial charge in [-0.2, -0.15) is 4.68 Å². The molecule has 0 radical (unpaired) electrons. The number of aromatic nitrogens is 3. The summed E-state index contributed by atoms with van der Waals surface area (Å²) in [5.41, 5.74) is -0.598. The number of nitrogens with zero attached hydrogens (tertiary/aromatic N) is 3. The van der Waals surface area contributed by atoms with Gasteiger partial charge in [-0.15, -0.1) is 16.0 Å². The molecule has 1 unspecified atom stereocenters. The molecule has 12 heteroatoms. The molecule has 1 atom stereocenters. The first-order valence-electron chi connectivity index (χ1n) is 10.3. The van der Waals surface area contributed by atoms with Gasteiger partial charge >= 0.3 is 18.2 Å². The van der Waals surface area contributed by atoms with E-state index in [1.165, 1.54) is 6.20 Å². The van der Waals surface area contributed by atoms with E-state index in [-0.39, 0.29) is 11.4 Å². The molecule has 0 saturated carbocycles. The predicted octanol–water partition coefficient (Wildman–Crippen LogP) is 2.55. The zero-order chi connectivity index (χ0) is 25.0. The summed E-state index contributed by atoms with van der Waals surface area (Å²) in [4.78, 5) is 39.9. The number of carbonyl (C=O) groups excluding carboxylic acids is 2. The van der Waals surface area contributed by atoms with Crippen LogP contribution in [-0.2, 0) is 23.1 Å². The highest BCUT2D eigenvalue weighted by atomic mass is 32.1. The van der Waals surface area contributed by atoms with Gasteiger partial charge in [0.25, 0.3) is 0 Å². The van der Waals surface area contributed by atoms with Gasteiger partial charge in [0.2, 0.25) is 6.20 Å². The fraction of sp³-hybridized carbons (Fsp3) is 0.571. The van der Waals surface area contributed by atoms with Gasteiger partial charge in [0.1, 0.15) is 21.1 Å². The summed E-state index contributed by atoms with van der Waals surface area (Å²) in [5.74, 6) is -1.03. The molecule has 11 nitrogen and oxygen atoms in total. The second-order valence-electron chi connectivity index (χ2n) is 9.47. The average Bonchev–Trinajstić information content (AvgIpc) is 3.24. The van der Waals surface area contributed by atoms with Crippen LogP contribution in [0.15, 0.2) is 18.6 Å². The minimum atomic E-state index is -1.03. The van der Waals surface area contributed by atoms with Crippen LogP contribution in [0.3, 0.4) is 0 Å². The molecule has 0 aliphatic heterocycles. The summed E-state index contributed by atoms with van der Waals surface area (Å²) in [7, 11) is 1.81. The third kappa shape index (κ3) is 8.72. The van der Waals surface area contributed by atoms with E-state index in [1.54, 1.807) is 65.7 Å². The van der Waals surface area contributed by atoms with Crippen molar-refractivity contribution < 1.29 is 33.6 Å². The van der Waals surface area contributed by atoms with Crippen molar-refractivity contribution in [2.75, 3.05) is 6.54 Å². The topological polar surface area (TPSA) is 136 Å². The Morgan fingerprint density at radius 2 is 1.76 bits per heavy atom. The molecule has 2 heterocycles. The van der Waals surface area contributed by atoms with Gasteiger partial charge < -0.3 is 25.2 Å². The Hall–Kier alpha value is -3.15. The van der Waals surface area contributed by atoms with Crippen LogP contribution in [0.2, 0.25) is 0 Å². The number of alkyl carbamates (subject to hydrolysis) is 2. The first-order chi connectivity index (χ1) is 15.1. The Labute approximate surface area is 196 Å². The Morgan fingerprint density at radius 3 is 2.30 bits per heavy atom. The molecule has 182 valence electrons. The Balaban J connectivity index is 2.16. The number of rotatable bonds is 7. The van der Waals surface area contributed by atoms with Gasteiger partial charge in [-0.05, 0) is 41.5 Å². The van der Waals surface area contributed by atoms with Crippen molar-refractivity contribution in [2.24, 2.45) is 7.05 Å². The Kier molecular flexibility index (Phi) is 8.06. The zero-order valence-corrected chi connectivity index (χ0v) is 20.8. The fourth-order valence-electron chi connectivity index (χ4n) is 2.74. The largest absolute Gasteiger partial charge is 0.477 e. The minimum absolute atomic E-state index is 0.0993. The maximum Gasteiger partial charge on any atom is 0.407 e. The molecule has 0 aliphatic rings. The quantitative estimate of drug-likeness (QED) is 0.516. The number of carboxylic acid groups (broad SMARTS) is 1. The molecule has 33 heavy (non-hydrogen) atoms. The lowest BCUT2D eigenvalue weighted by molar-refractivity contribution is -0.753. The van der Waals surface area contributed by atoms with Crippen molar-refractivity contribution >= 4 is 29.5 Å². The summed E-state index contributed by atoms with van der Waals surface area (Å²) < 4.78 is 14.2. The van der Waals surface area contributed by atoms with E-state index < -0.39 is 35.4 Å². The molecule has 2 rings (SSSR count). The second-order valence-corrected chi connectivity index (χ2v) is 10.5. The van der Waals surface area contributed by atoms with Gasteiger partial charge in [0.15, 0.2) is 7.05 Å². The standard InChI is InChI=1S/C21H31N5O6S/c1-20(2,3)31-18(29)23-8-14(24-19(30)32-21(4,5)6)12-26-11-13(10-25(26)7)16-22-9-15(33-16)17(27)28/h9-11,14H,8,12H2,1-7H3,(H2-,23,24,27,28,29,30)/p+1. The van der Waals surface area contributed by atoms with Crippen LogP contribution in [0.1, 0.15) is 51.2 Å². The lowest BCUT2D eigenvalue weighted by atomic mass is 10.2. The van der Waals surface area contributed by atoms with Crippen LogP contribution >= 0.6 is 11.3 Å². The summed E-state index contributed by atoms with van der Waals surface area (Å²) >= 11 is 1.07. The number of aromatic carboxylic acids is 1. The van der Waals surface area contributed by atoms with Crippen LogP contribution in [-0.4, -0.2) is 56.7 Å². The molecule has 0 fully saturated rings. The van der Waals surface area contributed by atoms with Crippen LogP contribution in [0, 0.1) is 0 Å². The highest BCUT2D eigenvalue weighted by molar-refractivity contribution is 7.16. The van der Waals surface area contributed by atoms with E-state index in [2.05, 4.69) is 15.6 Å². The number of thiazole rings is 1. The molecular weight excluding hydrogens is 450 g/mol. The zero-order valence-electron chi connectivity index (χ0n) is 20.0. The summed E-state index contributed by atoms with van der Waals surface area (Å²) in [6, 6.07) is -0.523. The van der Waals surface area contributed by atoms with E-state index in [0.717, 1.165) is 16.9 Å². The first-order valence-corrected chi connectivity index (χ1v) is 11.2. The number of carboxylic acids is 1. The van der Waals surface area contributed by atoms with Crippen molar-refractivity contribution in [3.05, 3.63) is 23.5 Å². The third-order valence-electron chi connectivity index (χ3n) is 4.00. The van der Waals surface area contributed by atoms with Gasteiger partial charge in [-0.1, -0.05) is 0 Å². The van der Waals surface area contributed by atoms with Crippen LogP contribution < -0.4 is 15.3 Å². The van der Waals surface area contributed by atoms with Crippen molar-refractivity contribution in [2.45, 2.75) is 65.3 Å². The second kappa shape index (κ2) is 10.2. The number of hydrogen-bond donors (Lipinski definition) is 3. The third-order valence-corrected chi connectivity index (χ3v) is 5.04. The van der Waals surface area contributed by atoms with Crippen LogP contribution in [0.25, 0.3) is 10.6 Å². The Bertz CT molecular complexity index is 1000. The van der Waals surface area contributed by atoms with Gasteiger partial charge in [-0.25, -0.2) is 19.4 Å². The fourth-order valence-corrected chi connectivity index (χ4v) is 3.47. The van der Waals surface area contributed by atoms with E-state index in [4.69, 9.17) is 14.6 Å². The number of hydrogen-bond acceptors (Lipinski definition) is 7. The van der Waals surface area contributed by atoms with Gasteiger partial charge in [-0.3, -0.25) is 0 Å². The van der Waals surface area contributed by atoms with E-state index in [9.17, 15) is 14.4 Å². The Morgan fingerprint density at radius 1 is 1.15 bits per heavy atom. The number of amides is 2. The molecular formula is C21H32N5O6S+. The molecule has 0 saturated heterocycles. The summed E-state index contributed by atoms with van der Waals surface area (Å²) in [6.45, 7) is 11.0. The van der Waals surface area contributed by atoms with Crippen molar-refractivity contribution in [3.8, 4) is 10.6 Å². The lowest BCUT2D eigenvalue weighted by Crippen LogP contribution is -2.51. The van der Waals surface area contributed by atoms with Crippen molar-refractivity contribution in [3.63, 3.8) is 0 Å². The van der Waals surface area contributed by atoms with Crippen LogP contribution in [0.4, 0.5) is 9.59 Å². The predicted molar refractivity (Wildman–Crippen MR) is 121 cm³/mol. The number of ether oxygens (including phenoxy) is 2. The number of carbonyl (C=O) groups is 3. The maximum atomic E-state index is 12.4. The van der Waals surface area contributed by atoms with Crippen LogP contribution in [0.5, 0.6) is 0 Å². The summed E-state index contributed by atoms with van der Waals surface area (Å²) in [6.07, 6.45) is 3.70.